The number of amides is 1. The Morgan fingerprint density at radius 3 is 2.32 bits per heavy atom. The van der Waals surface area contributed by atoms with Crippen LogP contribution in [0.25, 0.3) is 0 Å². The van der Waals surface area contributed by atoms with Crippen molar-refractivity contribution in [3.8, 4) is 0 Å². The molecule has 0 aromatic heterocycles. The Labute approximate surface area is 186 Å². The number of carbonyl (C=O) groups excluding carboxylic acids is 1. The lowest BCUT2D eigenvalue weighted by Crippen LogP contribution is -2.44. The molecule has 2 saturated carbocycles. The number of fused-ring (bicyclic) bond motifs is 2. The van der Waals surface area contributed by atoms with E-state index in [0.29, 0.717) is 34.9 Å². The molecule has 4 nitrogen and oxygen atoms in total. The van der Waals surface area contributed by atoms with Crippen LogP contribution in [0.2, 0.25) is 5.02 Å². The van der Waals surface area contributed by atoms with Crippen LogP contribution >= 0.6 is 23.4 Å². The molecule has 2 bridgehead atoms. The summed E-state index contributed by atoms with van der Waals surface area (Å²) in [6, 6.07) is 6.12. The van der Waals surface area contributed by atoms with Crippen LogP contribution in [0.3, 0.4) is 0 Å². The summed E-state index contributed by atoms with van der Waals surface area (Å²) in [5.41, 5.74) is -0.986. The van der Waals surface area contributed by atoms with E-state index >= 15 is 0 Å². The molecule has 31 heavy (non-hydrogen) atoms. The van der Waals surface area contributed by atoms with Crippen molar-refractivity contribution in [1.29, 1.82) is 0 Å². The van der Waals surface area contributed by atoms with E-state index in [1.165, 1.54) is 6.07 Å². The molecule has 9 heteroatoms. The highest BCUT2D eigenvalue weighted by Gasteiger charge is 2.49. The predicted molar refractivity (Wildman–Crippen MR) is 113 cm³/mol. The summed E-state index contributed by atoms with van der Waals surface area (Å²) in [6.07, 6.45) is 2.97. The van der Waals surface area contributed by atoms with Crippen molar-refractivity contribution in [2.75, 3.05) is 11.9 Å². The fraction of sp³-hybridized carbons (Fsp3) is 0.409. The van der Waals surface area contributed by atoms with Crippen molar-refractivity contribution in [2.45, 2.75) is 41.4 Å². The molecule has 0 radical (unpaired) electrons. The molecule has 0 heterocycles. The van der Waals surface area contributed by atoms with Crippen molar-refractivity contribution < 1.29 is 28.2 Å². The largest absolute Gasteiger partial charge is 0.393 e. The molecule has 2 atom stereocenters. The van der Waals surface area contributed by atoms with Gasteiger partial charge in [0, 0.05) is 33.5 Å². The van der Waals surface area contributed by atoms with Gasteiger partial charge in [0.05, 0.1) is 17.2 Å². The van der Waals surface area contributed by atoms with Gasteiger partial charge in [0.2, 0.25) is 0 Å². The molecule has 2 aromatic carbocycles. The molecule has 2 fully saturated rings. The number of thioether (sulfide) groups is 1. The van der Waals surface area contributed by atoms with Crippen LogP contribution in [-0.4, -0.2) is 33.6 Å². The van der Waals surface area contributed by atoms with E-state index in [-0.39, 0.29) is 34.9 Å². The Balaban J connectivity index is 1.51. The first-order chi connectivity index (χ1) is 14.7. The Morgan fingerprint density at radius 2 is 1.74 bits per heavy atom. The van der Waals surface area contributed by atoms with E-state index in [0.717, 1.165) is 12.8 Å². The zero-order chi connectivity index (χ0) is 22.3. The van der Waals surface area contributed by atoms with Crippen molar-refractivity contribution >= 4 is 35.0 Å². The molecule has 4 rings (SSSR count). The third-order valence-corrected chi connectivity index (χ3v) is 8.19. The fourth-order valence-corrected chi connectivity index (χ4v) is 6.44. The van der Waals surface area contributed by atoms with Gasteiger partial charge in [-0.25, -0.2) is 13.2 Å². The second-order valence-electron chi connectivity index (χ2n) is 8.32. The van der Waals surface area contributed by atoms with Gasteiger partial charge in [-0.1, -0.05) is 11.6 Å². The minimum Gasteiger partial charge on any atom is -0.393 e. The number of aliphatic hydroxyl groups excluding tert-OH is 1. The summed E-state index contributed by atoms with van der Waals surface area (Å²) >= 11 is 7.91. The van der Waals surface area contributed by atoms with E-state index in [1.807, 2.05) is 0 Å². The van der Waals surface area contributed by atoms with Gasteiger partial charge in [0.25, 0.3) is 5.91 Å². The fourth-order valence-electron chi connectivity index (χ4n) is 4.67. The van der Waals surface area contributed by atoms with Gasteiger partial charge in [-0.2, -0.15) is 0 Å². The van der Waals surface area contributed by atoms with Crippen LogP contribution < -0.4 is 5.32 Å². The molecular weight excluding hydrogens is 451 g/mol. The zero-order valence-corrected chi connectivity index (χ0v) is 17.9. The lowest BCUT2D eigenvalue weighted by atomic mass is 9.77. The van der Waals surface area contributed by atoms with Gasteiger partial charge in [-0.3, -0.25) is 4.79 Å². The number of anilines is 1. The van der Waals surface area contributed by atoms with Crippen LogP contribution in [0.4, 0.5) is 18.9 Å². The molecule has 2 aliphatic rings. The predicted octanol–water partition coefficient (Wildman–Crippen LogP) is 5.01. The minimum absolute atomic E-state index is 0.195. The average molecular weight is 472 g/mol. The molecule has 0 saturated heterocycles. The highest BCUT2D eigenvalue weighted by molar-refractivity contribution is 8.00. The number of hydrogen-bond donors (Lipinski definition) is 3. The van der Waals surface area contributed by atoms with Crippen LogP contribution in [0, 0.1) is 29.3 Å². The maximum atomic E-state index is 13.4. The second-order valence-corrected chi connectivity index (χ2v) is 9.95. The molecule has 0 aliphatic heterocycles. The van der Waals surface area contributed by atoms with Crippen molar-refractivity contribution in [2.24, 2.45) is 11.8 Å². The Kier molecular flexibility index (Phi) is 6.27. The van der Waals surface area contributed by atoms with Crippen molar-refractivity contribution in [3.05, 3.63) is 58.4 Å². The number of rotatable bonds is 5. The Bertz CT molecular complexity index is 984. The van der Waals surface area contributed by atoms with Crippen molar-refractivity contribution in [1.82, 2.24) is 0 Å². The van der Waals surface area contributed by atoms with E-state index in [2.05, 4.69) is 5.32 Å². The maximum absolute atomic E-state index is 13.4. The van der Waals surface area contributed by atoms with Crippen LogP contribution in [0.5, 0.6) is 0 Å². The topological polar surface area (TPSA) is 69.6 Å². The highest BCUT2D eigenvalue weighted by atomic mass is 35.5. The quantitative estimate of drug-likeness (QED) is 0.536. The Morgan fingerprint density at radius 1 is 1.13 bits per heavy atom. The smallest absolute Gasteiger partial charge is 0.255 e. The standard InChI is InChI=1S/C22H21ClF3NO3S/c23-15-4-3-11(21(29)27-14-6-16(24)19(26)17(25)7-14)5-18(15)31-20-12-1-2-13(20)9-22(30,8-12)10-28/h3-7,12-13,20,28,30H,1-2,8-10H2,(H,27,29)/t12?,13?,20-,22-. The van der Waals surface area contributed by atoms with Crippen LogP contribution in [-0.2, 0) is 0 Å². The molecule has 1 amide bonds. The van der Waals surface area contributed by atoms with Gasteiger partial charge >= 0.3 is 0 Å². The van der Waals surface area contributed by atoms with Gasteiger partial charge in [-0.05, 0) is 55.7 Å². The van der Waals surface area contributed by atoms with E-state index in [1.54, 1.807) is 23.9 Å². The molecular formula is C22H21ClF3NO3S. The number of carbonyl (C=O) groups is 1. The van der Waals surface area contributed by atoms with Crippen molar-refractivity contribution in [3.63, 3.8) is 0 Å². The van der Waals surface area contributed by atoms with E-state index in [4.69, 9.17) is 11.6 Å². The molecule has 2 aromatic rings. The summed E-state index contributed by atoms with van der Waals surface area (Å²) in [6.45, 7) is -0.252. The number of benzene rings is 2. The monoisotopic (exact) mass is 471 g/mol. The van der Waals surface area contributed by atoms with Gasteiger partial charge in [0.1, 0.15) is 0 Å². The van der Waals surface area contributed by atoms with E-state index < -0.39 is 29.0 Å². The summed E-state index contributed by atoms with van der Waals surface area (Å²) in [7, 11) is 0. The third kappa shape index (κ3) is 4.58. The lowest BCUT2D eigenvalue weighted by molar-refractivity contribution is -0.0590. The van der Waals surface area contributed by atoms with Crippen LogP contribution in [0.15, 0.2) is 35.2 Å². The average Bonchev–Trinajstić information content (AvgIpc) is 2.97. The SMILES string of the molecule is O=C(Nc1cc(F)c(F)c(F)c1)c1ccc(Cl)c(S[C@H]2C3CCC2C[C@](O)(CO)C3)c1. The Hall–Kier alpha value is -1.74. The zero-order valence-electron chi connectivity index (χ0n) is 16.4. The number of aliphatic hydroxyl groups is 2. The summed E-state index contributed by atoms with van der Waals surface area (Å²) in [4.78, 5) is 13.3. The molecule has 3 N–H and O–H groups in total. The number of halogens is 4. The van der Waals surface area contributed by atoms with Gasteiger partial charge in [0.15, 0.2) is 17.5 Å². The summed E-state index contributed by atoms with van der Waals surface area (Å²) in [5.74, 6) is -4.51. The molecule has 2 unspecified atom stereocenters. The highest BCUT2D eigenvalue weighted by Crippen LogP contribution is 2.53. The van der Waals surface area contributed by atoms with Crippen LogP contribution in [0.1, 0.15) is 36.0 Å². The molecule has 166 valence electrons. The first-order valence-corrected chi connectivity index (χ1v) is 11.2. The summed E-state index contributed by atoms with van der Waals surface area (Å²) < 4.78 is 39.9. The normalized spacial score (nSPS) is 27.4. The second kappa shape index (κ2) is 8.65. The third-order valence-electron chi connectivity index (χ3n) is 6.11. The van der Waals surface area contributed by atoms with Gasteiger partial charge in [-0.15, -0.1) is 11.8 Å². The maximum Gasteiger partial charge on any atom is 0.255 e. The first-order valence-electron chi connectivity index (χ1n) is 9.94. The molecule has 0 spiro atoms. The number of nitrogens with one attached hydrogen (secondary N) is 1. The van der Waals surface area contributed by atoms with Gasteiger partial charge < -0.3 is 15.5 Å². The lowest BCUT2D eigenvalue weighted by Gasteiger charge is -2.40. The number of hydrogen-bond acceptors (Lipinski definition) is 4. The first kappa shape index (κ1) is 22.5. The minimum atomic E-state index is -1.60. The summed E-state index contributed by atoms with van der Waals surface area (Å²) in [5, 5.41) is 23.1. The molecule has 2 aliphatic carbocycles. The van der Waals surface area contributed by atoms with E-state index in [9.17, 15) is 28.2 Å².